The molecule has 0 unspecified atom stereocenters. The first-order valence-corrected chi connectivity index (χ1v) is 9.41. The predicted octanol–water partition coefficient (Wildman–Crippen LogP) is -0.471. The topological polar surface area (TPSA) is 145 Å². The molecule has 0 aliphatic carbocycles. The van der Waals surface area contributed by atoms with Crippen LogP contribution in [0.5, 0.6) is 0 Å². The molecule has 0 aliphatic rings. The number of hydrazine groups is 1. The molecule has 4 N–H and O–H groups in total. The zero-order valence-corrected chi connectivity index (χ0v) is 15.8. The summed E-state index contributed by atoms with van der Waals surface area (Å²) in [5.41, 5.74) is 1.61. The Morgan fingerprint density at radius 1 is 1.25 bits per heavy atom. The lowest BCUT2D eigenvalue weighted by atomic mass is 10.1. The molecule has 3 aromatic rings. The molecule has 0 spiro atoms. The van der Waals surface area contributed by atoms with E-state index in [-0.39, 0.29) is 40.9 Å². The van der Waals surface area contributed by atoms with Gasteiger partial charge in [-0.05, 0) is 0 Å². The van der Waals surface area contributed by atoms with Crippen LogP contribution in [0.1, 0.15) is 16.2 Å². The van der Waals surface area contributed by atoms with Crippen molar-refractivity contribution in [1.82, 2.24) is 24.5 Å². The number of carbonyl (C=O) groups excluding carboxylic acids is 2. The fraction of sp³-hybridized carbons (Fsp3) is 0.235. The lowest BCUT2D eigenvalue weighted by Crippen LogP contribution is -2.31. The number of rotatable bonds is 7. The number of H-pyrrole nitrogens is 1. The Balaban J connectivity index is 2.04. The van der Waals surface area contributed by atoms with Gasteiger partial charge in [-0.25, -0.2) is 15.6 Å². The van der Waals surface area contributed by atoms with Crippen molar-refractivity contribution < 1.29 is 9.59 Å². The van der Waals surface area contributed by atoms with Crippen LogP contribution in [-0.4, -0.2) is 36.5 Å². The summed E-state index contributed by atoms with van der Waals surface area (Å²) in [6.07, 6.45) is 0. The molecule has 0 saturated heterocycles. The van der Waals surface area contributed by atoms with E-state index in [1.54, 1.807) is 30.3 Å². The number of Topliss-reactive ketones (excluding diaryl/α,β-unsaturated/α-hetero) is 1. The maximum Gasteiger partial charge on any atom is 0.329 e. The van der Waals surface area contributed by atoms with Crippen molar-refractivity contribution in [2.75, 3.05) is 5.75 Å². The van der Waals surface area contributed by atoms with Gasteiger partial charge in [-0.1, -0.05) is 30.3 Å². The minimum absolute atomic E-state index is 0.0849. The van der Waals surface area contributed by atoms with Gasteiger partial charge in [0.25, 0.3) is 5.56 Å². The number of amides is 1. The number of carbonyl (C=O) groups is 2. The van der Waals surface area contributed by atoms with Crippen molar-refractivity contribution in [3.05, 3.63) is 62.6 Å². The van der Waals surface area contributed by atoms with E-state index < -0.39 is 11.2 Å². The number of imidazole rings is 1. The van der Waals surface area contributed by atoms with Gasteiger partial charge in [0.15, 0.2) is 16.9 Å². The number of nitrogens with one attached hydrogen (secondary N) is 2. The van der Waals surface area contributed by atoms with E-state index in [9.17, 15) is 19.2 Å². The fourth-order valence-electron chi connectivity index (χ4n) is 2.70. The molecule has 0 radical (unpaired) electrons. The van der Waals surface area contributed by atoms with E-state index in [4.69, 9.17) is 5.84 Å². The highest BCUT2D eigenvalue weighted by Gasteiger charge is 2.20. The highest BCUT2D eigenvalue weighted by Crippen LogP contribution is 2.17. The molecule has 2 aromatic heterocycles. The van der Waals surface area contributed by atoms with Crippen LogP contribution in [0, 0.1) is 0 Å². The van der Waals surface area contributed by atoms with Crippen molar-refractivity contribution in [2.45, 2.75) is 12.3 Å². The fourth-order valence-corrected chi connectivity index (χ4v) is 3.47. The standard InChI is InChI=1S/C17H18N6O4S/c1-22-15-14(16(26)20-17(22)27)23(7-11(24)10-5-3-2-4-6-10)12(19-15)8-28-9-13(25)21-18/h2-6H,7-9,18H2,1H3,(H,21,25)(H,20,26,27). The van der Waals surface area contributed by atoms with Crippen molar-refractivity contribution in [3.8, 4) is 0 Å². The van der Waals surface area contributed by atoms with Gasteiger partial charge in [-0.3, -0.25) is 29.4 Å². The number of benzene rings is 1. The molecule has 0 aliphatic heterocycles. The number of aryl methyl sites for hydroxylation is 1. The van der Waals surface area contributed by atoms with E-state index in [1.165, 1.54) is 27.9 Å². The van der Waals surface area contributed by atoms with E-state index >= 15 is 0 Å². The third-order valence-corrected chi connectivity index (χ3v) is 5.04. The van der Waals surface area contributed by atoms with Gasteiger partial charge in [0, 0.05) is 12.6 Å². The van der Waals surface area contributed by atoms with Gasteiger partial charge in [0.05, 0.1) is 18.1 Å². The van der Waals surface area contributed by atoms with Gasteiger partial charge < -0.3 is 4.57 Å². The van der Waals surface area contributed by atoms with Gasteiger partial charge in [0.2, 0.25) is 5.91 Å². The molecule has 2 heterocycles. The number of fused-ring (bicyclic) bond motifs is 1. The zero-order chi connectivity index (χ0) is 20.3. The van der Waals surface area contributed by atoms with Crippen LogP contribution in [-0.2, 0) is 24.1 Å². The molecular weight excluding hydrogens is 384 g/mol. The number of aromatic amines is 1. The molecule has 0 saturated carbocycles. The molecule has 28 heavy (non-hydrogen) atoms. The predicted molar refractivity (Wildman–Crippen MR) is 105 cm³/mol. The van der Waals surface area contributed by atoms with Crippen LogP contribution >= 0.6 is 11.8 Å². The first-order valence-electron chi connectivity index (χ1n) is 8.26. The number of aromatic nitrogens is 4. The maximum atomic E-state index is 12.7. The third kappa shape index (κ3) is 3.89. The van der Waals surface area contributed by atoms with Crippen LogP contribution in [0.3, 0.4) is 0 Å². The van der Waals surface area contributed by atoms with E-state index in [0.717, 1.165) is 0 Å². The highest BCUT2D eigenvalue weighted by atomic mass is 32.2. The van der Waals surface area contributed by atoms with Gasteiger partial charge in [0.1, 0.15) is 5.82 Å². The number of thioether (sulfide) groups is 1. The summed E-state index contributed by atoms with van der Waals surface area (Å²) in [5.74, 6) is 5.23. The Kier molecular flexibility index (Phi) is 5.76. The second-order valence-electron chi connectivity index (χ2n) is 5.95. The first kappa shape index (κ1) is 19.6. The maximum absolute atomic E-state index is 12.7. The van der Waals surface area contributed by atoms with Crippen LogP contribution in [0.15, 0.2) is 39.9 Å². The summed E-state index contributed by atoms with van der Waals surface area (Å²) in [6, 6.07) is 8.66. The minimum Gasteiger partial charge on any atom is -0.314 e. The average Bonchev–Trinajstić information content (AvgIpc) is 3.05. The van der Waals surface area contributed by atoms with Crippen LogP contribution in [0.25, 0.3) is 11.2 Å². The molecule has 1 aromatic carbocycles. The Bertz CT molecular complexity index is 1150. The molecular formula is C17H18N6O4S. The smallest absolute Gasteiger partial charge is 0.314 e. The average molecular weight is 402 g/mol. The van der Waals surface area contributed by atoms with E-state index in [0.29, 0.717) is 11.4 Å². The van der Waals surface area contributed by atoms with Gasteiger partial charge in [-0.15, -0.1) is 11.8 Å². The van der Waals surface area contributed by atoms with E-state index in [2.05, 4.69) is 9.97 Å². The van der Waals surface area contributed by atoms with Crippen molar-refractivity contribution in [2.24, 2.45) is 12.9 Å². The van der Waals surface area contributed by atoms with Gasteiger partial charge in [-0.2, -0.15) is 0 Å². The van der Waals surface area contributed by atoms with Crippen LogP contribution in [0.4, 0.5) is 0 Å². The Morgan fingerprint density at radius 3 is 2.64 bits per heavy atom. The van der Waals surface area contributed by atoms with E-state index in [1.807, 2.05) is 5.43 Å². The number of hydrogen-bond acceptors (Lipinski definition) is 7. The molecule has 0 bridgehead atoms. The van der Waals surface area contributed by atoms with Crippen LogP contribution in [0.2, 0.25) is 0 Å². The summed E-state index contributed by atoms with van der Waals surface area (Å²) in [7, 11) is 1.48. The number of hydrogen-bond donors (Lipinski definition) is 3. The second kappa shape index (κ2) is 8.23. The second-order valence-corrected chi connectivity index (χ2v) is 6.94. The molecule has 3 rings (SSSR count). The molecule has 146 valence electrons. The molecule has 10 nitrogen and oxygen atoms in total. The summed E-state index contributed by atoms with van der Waals surface area (Å²) < 4.78 is 2.69. The van der Waals surface area contributed by atoms with Crippen LogP contribution < -0.4 is 22.5 Å². The van der Waals surface area contributed by atoms with Gasteiger partial charge >= 0.3 is 5.69 Å². The lowest BCUT2D eigenvalue weighted by Gasteiger charge is -2.08. The number of nitrogens with zero attached hydrogens (tertiary/aromatic N) is 3. The summed E-state index contributed by atoms with van der Waals surface area (Å²) in [5, 5.41) is 0. The van der Waals surface area contributed by atoms with Crippen molar-refractivity contribution in [3.63, 3.8) is 0 Å². The molecule has 0 atom stereocenters. The normalized spacial score (nSPS) is 10.9. The minimum atomic E-state index is -0.623. The quantitative estimate of drug-likeness (QED) is 0.210. The third-order valence-electron chi connectivity index (χ3n) is 4.11. The highest BCUT2D eigenvalue weighted by molar-refractivity contribution is 7.99. The summed E-state index contributed by atoms with van der Waals surface area (Å²) >= 11 is 1.22. The SMILES string of the molecule is Cn1c(=O)[nH]c(=O)c2c1nc(CSCC(=O)NN)n2CC(=O)c1ccccc1. The lowest BCUT2D eigenvalue weighted by molar-refractivity contribution is -0.118. The Hall–Kier alpha value is -3.18. The summed E-state index contributed by atoms with van der Waals surface area (Å²) in [6.45, 7) is -0.124. The Labute approximate surface area is 162 Å². The number of nitrogens with two attached hydrogens (primary N) is 1. The summed E-state index contributed by atoms with van der Waals surface area (Å²) in [4.78, 5) is 54.9. The van der Waals surface area contributed by atoms with Crippen molar-refractivity contribution in [1.29, 1.82) is 0 Å². The van der Waals surface area contributed by atoms with Crippen molar-refractivity contribution >= 4 is 34.6 Å². The molecule has 11 heteroatoms. The largest absolute Gasteiger partial charge is 0.329 e. The Morgan fingerprint density at radius 2 is 1.96 bits per heavy atom. The molecule has 1 amide bonds. The molecule has 0 fully saturated rings. The first-order chi connectivity index (χ1) is 13.4. The number of ketones is 1. The monoisotopic (exact) mass is 402 g/mol. The zero-order valence-electron chi connectivity index (χ0n) is 15.0.